The lowest BCUT2D eigenvalue weighted by Crippen LogP contribution is -2.44. The molecule has 0 aliphatic carbocycles. The van der Waals surface area contributed by atoms with E-state index >= 15 is 0 Å². The largest absolute Gasteiger partial charge is 0.497 e. The van der Waals surface area contributed by atoms with E-state index in [4.69, 9.17) is 25.8 Å². The van der Waals surface area contributed by atoms with Crippen molar-refractivity contribution >= 4 is 39.7 Å². The molecule has 0 saturated carbocycles. The summed E-state index contributed by atoms with van der Waals surface area (Å²) in [6.45, 7) is 0.888. The fourth-order valence-electron chi connectivity index (χ4n) is 4.56. The average Bonchev–Trinajstić information content (AvgIpc) is 3.30. The molecule has 0 spiro atoms. The molecule has 1 aromatic heterocycles. The Morgan fingerprint density at radius 3 is 2.71 bits per heavy atom. The van der Waals surface area contributed by atoms with Gasteiger partial charge in [-0.25, -0.2) is 13.5 Å². The highest BCUT2D eigenvalue weighted by molar-refractivity contribution is 6.32. The third-order valence-corrected chi connectivity index (χ3v) is 6.73. The quantitative estimate of drug-likeness (QED) is 0.430. The molecule has 1 fully saturated rings. The minimum Gasteiger partial charge on any atom is -0.497 e. The second-order valence-electron chi connectivity index (χ2n) is 8.96. The summed E-state index contributed by atoms with van der Waals surface area (Å²) in [7, 11) is 1.53. The van der Waals surface area contributed by atoms with Crippen LogP contribution in [-0.4, -0.2) is 72.7 Å². The molecular weight excluding hydrogens is 522 g/mol. The number of hydrogen-bond acceptors (Lipinski definition) is 7. The molecule has 0 radical (unpaired) electrons. The van der Waals surface area contributed by atoms with E-state index in [9.17, 15) is 18.4 Å². The van der Waals surface area contributed by atoms with E-state index in [0.29, 0.717) is 60.6 Å². The molecule has 0 atom stereocenters. The Bertz CT molecular complexity index is 1470. The maximum absolute atomic E-state index is 13.3. The number of morpholine rings is 1. The predicted octanol–water partition coefficient (Wildman–Crippen LogP) is 3.43. The van der Waals surface area contributed by atoms with Gasteiger partial charge in [0.1, 0.15) is 24.7 Å². The second-order valence-corrected chi connectivity index (χ2v) is 9.37. The summed E-state index contributed by atoms with van der Waals surface area (Å²) in [5, 5.41) is 5.78. The van der Waals surface area contributed by atoms with Crippen molar-refractivity contribution in [1.82, 2.24) is 14.7 Å². The number of aromatic nitrogens is 2. The Labute approximate surface area is 221 Å². The van der Waals surface area contributed by atoms with Gasteiger partial charge < -0.3 is 19.1 Å². The summed E-state index contributed by atoms with van der Waals surface area (Å²) in [6.07, 6.45) is -1.90. The molecule has 0 bridgehead atoms. The molecule has 2 aliphatic rings. The van der Waals surface area contributed by atoms with Crippen LogP contribution in [0.25, 0.3) is 10.8 Å². The minimum absolute atomic E-state index is 0.172. The lowest BCUT2D eigenvalue weighted by atomic mass is 10.0. The van der Waals surface area contributed by atoms with E-state index in [1.54, 1.807) is 35.2 Å². The molecule has 38 heavy (non-hydrogen) atoms. The highest BCUT2D eigenvalue weighted by atomic mass is 35.5. The third kappa shape index (κ3) is 5.48. The van der Waals surface area contributed by atoms with Crippen LogP contribution >= 0.6 is 11.6 Å². The van der Waals surface area contributed by atoms with Crippen molar-refractivity contribution in [2.24, 2.45) is 4.99 Å². The molecule has 2 aliphatic heterocycles. The maximum atomic E-state index is 13.3. The number of hydrogen-bond donors (Lipinski definition) is 0. The van der Waals surface area contributed by atoms with Crippen molar-refractivity contribution in [3.05, 3.63) is 57.0 Å². The second kappa shape index (κ2) is 11.0. The van der Waals surface area contributed by atoms with Crippen molar-refractivity contribution in [3.63, 3.8) is 0 Å². The van der Waals surface area contributed by atoms with Crippen molar-refractivity contribution < 1.29 is 27.8 Å². The molecule has 0 N–H and O–H groups in total. The lowest BCUT2D eigenvalue weighted by Gasteiger charge is -2.27. The van der Waals surface area contributed by atoms with Gasteiger partial charge in [-0.3, -0.25) is 14.6 Å². The molecule has 5 rings (SSSR count). The molecule has 12 heteroatoms. The van der Waals surface area contributed by atoms with E-state index in [2.05, 4.69) is 10.1 Å². The van der Waals surface area contributed by atoms with E-state index in [1.165, 1.54) is 11.8 Å². The summed E-state index contributed by atoms with van der Waals surface area (Å²) in [5.74, 6) is 0.523. The SMILES string of the molecule is COc1ccc2c(=O)n(CC(=O)N3CCOCC3)nc(CC3=Nc4cc(Cl)c(OCC(F)F)cc4C3)c2c1. The van der Waals surface area contributed by atoms with Gasteiger partial charge in [0.05, 0.1) is 42.1 Å². The first-order chi connectivity index (χ1) is 18.3. The van der Waals surface area contributed by atoms with Gasteiger partial charge in [-0.2, -0.15) is 5.10 Å². The highest BCUT2D eigenvalue weighted by Gasteiger charge is 2.23. The summed E-state index contributed by atoms with van der Waals surface area (Å²) >= 11 is 6.21. The normalized spacial score (nSPS) is 15.1. The number of methoxy groups -OCH3 is 1. The smallest absolute Gasteiger partial charge is 0.275 e. The summed E-state index contributed by atoms with van der Waals surface area (Å²) < 4.78 is 42.2. The Morgan fingerprint density at radius 2 is 1.97 bits per heavy atom. The minimum atomic E-state index is -2.62. The Balaban J connectivity index is 1.45. The molecule has 2 aromatic carbocycles. The molecular formula is C26H25ClF2N4O5. The van der Waals surface area contributed by atoms with Gasteiger partial charge in [-0.05, 0) is 35.9 Å². The zero-order valence-electron chi connectivity index (χ0n) is 20.6. The number of nitrogens with zero attached hydrogens (tertiary/aromatic N) is 4. The van der Waals surface area contributed by atoms with Crippen LogP contribution < -0.4 is 15.0 Å². The Kier molecular flexibility index (Phi) is 7.57. The number of ether oxygens (including phenoxy) is 3. The number of halogens is 3. The van der Waals surface area contributed by atoms with Crippen LogP contribution in [0.5, 0.6) is 11.5 Å². The standard InChI is InChI=1S/C26H25ClF2N4O5/c1-36-17-2-3-18-19(11-17)22(31-33(26(18)35)13-25(34)32-4-6-37-7-5-32)10-16-8-15-9-23(38-14-24(28)29)20(27)12-21(15)30-16/h2-3,9,11-12,24H,4-8,10,13-14H2,1H3. The zero-order chi connectivity index (χ0) is 26.8. The number of carbonyl (C=O) groups excluding carboxylic acids is 1. The molecule has 1 amide bonds. The number of fused-ring (bicyclic) bond motifs is 2. The van der Waals surface area contributed by atoms with Crippen LogP contribution in [0.3, 0.4) is 0 Å². The number of amides is 1. The van der Waals surface area contributed by atoms with E-state index < -0.39 is 13.0 Å². The fourth-order valence-corrected chi connectivity index (χ4v) is 4.77. The average molecular weight is 547 g/mol. The van der Waals surface area contributed by atoms with Crippen molar-refractivity contribution in [2.75, 3.05) is 40.0 Å². The molecule has 3 aromatic rings. The van der Waals surface area contributed by atoms with Crippen LogP contribution in [0.2, 0.25) is 5.02 Å². The summed E-state index contributed by atoms with van der Waals surface area (Å²) in [5.41, 5.74) is 2.32. The fraction of sp³-hybridized carbons (Fsp3) is 0.385. The topological polar surface area (TPSA) is 95.2 Å². The molecule has 1 saturated heterocycles. The number of aliphatic imine (C=N–C) groups is 1. The molecule has 200 valence electrons. The number of rotatable bonds is 8. The third-order valence-electron chi connectivity index (χ3n) is 6.44. The van der Waals surface area contributed by atoms with E-state index in [-0.39, 0.29) is 35.2 Å². The van der Waals surface area contributed by atoms with E-state index in [0.717, 1.165) is 11.3 Å². The van der Waals surface area contributed by atoms with Gasteiger partial charge in [0.15, 0.2) is 0 Å². The lowest BCUT2D eigenvalue weighted by molar-refractivity contribution is -0.136. The van der Waals surface area contributed by atoms with E-state index in [1.807, 2.05) is 0 Å². The summed E-state index contributed by atoms with van der Waals surface area (Å²) in [4.78, 5) is 32.4. The number of carbonyl (C=O) groups is 1. The van der Waals surface area contributed by atoms with Crippen LogP contribution in [0.1, 0.15) is 11.3 Å². The van der Waals surface area contributed by atoms with Gasteiger partial charge in [0.2, 0.25) is 5.91 Å². The first-order valence-corrected chi connectivity index (χ1v) is 12.4. The van der Waals surface area contributed by atoms with Crippen LogP contribution in [-0.2, 0) is 28.9 Å². The monoisotopic (exact) mass is 546 g/mol. The van der Waals surface area contributed by atoms with Gasteiger partial charge in [0.25, 0.3) is 12.0 Å². The van der Waals surface area contributed by atoms with Crippen LogP contribution in [0, 0.1) is 0 Å². The first kappa shape index (κ1) is 26.1. The Morgan fingerprint density at radius 1 is 1.18 bits per heavy atom. The van der Waals surface area contributed by atoms with Crippen molar-refractivity contribution in [3.8, 4) is 11.5 Å². The van der Waals surface area contributed by atoms with Crippen LogP contribution in [0.4, 0.5) is 14.5 Å². The molecule has 9 nitrogen and oxygen atoms in total. The molecule has 3 heterocycles. The number of benzene rings is 2. The van der Waals surface area contributed by atoms with Gasteiger partial charge in [-0.1, -0.05) is 11.6 Å². The summed E-state index contributed by atoms with van der Waals surface area (Å²) in [6, 6.07) is 8.29. The Hall–Kier alpha value is -3.57. The van der Waals surface area contributed by atoms with Crippen LogP contribution in [0.15, 0.2) is 40.1 Å². The van der Waals surface area contributed by atoms with Gasteiger partial charge in [-0.15, -0.1) is 0 Å². The number of alkyl halides is 2. The maximum Gasteiger partial charge on any atom is 0.275 e. The highest BCUT2D eigenvalue weighted by Crippen LogP contribution is 2.37. The first-order valence-electron chi connectivity index (χ1n) is 12.1. The van der Waals surface area contributed by atoms with Crippen molar-refractivity contribution in [2.45, 2.75) is 25.8 Å². The zero-order valence-corrected chi connectivity index (χ0v) is 21.3. The van der Waals surface area contributed by atoms with Gasteiger partial charge >= 0.3 is 0 Å². The predicted molar refractivity (Wildman–Crippen MR) is 137 cm³/mol. The van der Waals surface area contributed by atoms with Gasteiger partial charge in [0, 0.05) is 37.0 Å². The molecule has 0 unspecified atom stereocenters. The van der Waals surface area contributed by atoms with Crippen molar-refractivity contribution in [1.29, 1.82) is 0 Å².